The van der Waals surface area contributed by atoms with Crippen molar-refractivity contribution in [3.05, 3.63) is 99.5 Å². The first-order valence-electron chi connectivity index (χ1n) is 10.4. The van der Waals surface area contributed by atoms with Crippen LogP contribution in [-0.4, -0.2) is 11.0 Å². The Morgan fingerprint density at radius 2 is 1.94 bits per heavy atom. The Kier molecular flexibility index (Phi) is 5.06. The molecular formula is C26H23BrN2O2. The topological polar surface area (TPSA) is 61.4 Å². The van der Waals surface area contributed by atoms with Crippen molar-refractivity contribution in [2.45, 2.75) is 25.3 Å². The summed E-state index contributed by atoms with van der Waals surface area (Å²) in [6.45, 7) is 1.94. The third-order valence-electron chi connectivity index (χ3n) is 6.33. The summed E-state index contributed by atoms with van der Waals surface area (Å²) in [7, 11) is 0. The fourth-order valence-corrected chi connectivity index (χ4v) is 5.16. The van der Waals surface area contributed by atoms with Gasteiger partial charge in [0.15, 0.2) is 0 Å². The number of rotatable bonds is 3. The molecule has 1 heterocycles. The van der Waals surface area contributed by atoms with Gasteiger partial charge in [-0.15, -0.1) is 0 Å². The molecule has 156 valence electrons. The first-order chi connectivity index (χ1) is 15.0. The molecule has 3 aromatic carbocycles. The average molecular weight is 475 g/mol. The Morgan fingerprint density at radius 3 is 2.77 bits per heavy atom. The number of nitrogens with one attached hydrogen (secondary N) is 2. The van der Waals surface area contributed by atoms with Crippen molar-refractivity contribution in [3.63, 3.8) is 0 Å². The van der Waals surface area contributed by atoms with Gasteiger partial charge in [-0.3, -0.25) is 4.79 Å². The second-order valence-corrected chi connectivity index (χ2v) is 9.17. The van der Waals surface area contributed by atoms with Gasteiger partial charge in [0.2, 0.25) is 0 Å². The zero-order valence-corrected chi connectivity index (χ0v) is 18.7. The van der Waals surface area contributed by atoms with Crippen LogP contribution in [0.2, 0.25) is 0 Å². The van der Waals surface area contributed by atoms with E-state index < -0.39 is 0 Å². The average Bonchev–Trinajstić information content (AvgIpc) is 3.26. The van der Waals surface area contributed by atoms with Crippen LogP contribution in [0.4, 0.5) is 11.4 Å². The Hall–Kier alpha value is -3.05. The molecular weight excluding hydrogens is 452 g/mol. The van der Waals surface area contributed by atoms with Crippen molar-refractivity contribution in [2.75, 3.05) is 10.6 Å². The summed E-state index contributed by atoms with van der Waals surface area (Å²) in [5, 5.41) is 17.2. The molecule has 4 nitrogen and oxygen atoms in total. The molecule has 5 rings (SSSR count). The highest BCUT2D eigenvalue weighted by Gasteiger charge is 2.39. The predicted octanol–water partition coefficient (Wildman–Crippen LogP) is 6.54. The van der Waals surface area contributed by atoms with Crippen molar-refractivity contribution in [1.29, 1.82) is 0 Å². The lowest BCUT2D eigenvalue weighted by atomic mass is 9.76. The van der Waals surface area contributed by atoms with Gasteiger partial charge in [0.25, 0.3) is 5.91 Å². The smallest absolute Gasteiger partial charge is 0.255 e. The van der Waals surface area contributed by atoms with Crippen molar-refractivity contribution in [1.82, 2.24) is 0 Å². The highest BCUT2D eigenvalue weighted by atomic mass is 79.9. The van der Waals surface area contributed by atoms with Gasteiger partial charge in [-0.2, -0.15) is 0 Å². The monoisotopic (exact) mass is 474 g/mol. The Labute approximate surface area is 190 Å². The van der Waals surface area contributed by atoms with E-state index in [1.54, 1.807) is 6.07 Å². The number of aromatic hydroxyl groups is 1. The van der Waals surface area contributed by atoms with E-state index in [9.17, 15) is 9.90 Å². The Balaban J connectivity index is 1.46. The number of fused-ring (bicyclic) bond motifs is 3. The Morgan fingerprint density at radius 1 is 1.10 bits per heavy atom. The Bertz CT molecular complexity index is 1200. The molecule has 3 atom stereocenters. The molecule has 0 fully saturated rings. The fourth-order valence-electron chi connectivity index (χ4n) is 4.78. The zero-order chi connectivity index (χ0) is 21.5. The quantitative estimate of drug-likeness (QED) is 0.377. The predicted molar refractivity (Wildman–Crippen MR) is 128 cm³/mol. The number of aryl methyl sites for hydroxylation is 1. The van der Waals surface area contributed by atoms with Gasteiger partial charge in [0, 0.05) is 32.9 Å². The van der Waals surface area contributed by atoms with Crippen LogP contribution < -0.4 is 10.6 Å². The van der Waals surface area contributed by atoms with E-state index in [1.807, 2.05) is 55.5 Å². The van der Waals surface area contributed by atoms with Crippen LogP contribution in [0.15, 0.2) is 77.3 Å². The first-order valence-corrected chi connectivity index (χ1v) is 11.2. The maximum absolute atomic E-state index is 12.8. The standard InChI is InChI=1S/C26H23BrN2O2/c1-15-5-2-3-6-18(15)26(31)28-17-10-11-23-21(14-17)19-7-4-8-20(19)25(29-23)22-13-16(27)9-12-24(22)30/h2-7,9-14,19-20,25,29-30H,8H2,1H3,(H,28,31). The van der Waals surface area contributed by atoms with Gasteiger partial charge in [-0.25, -0.2) is 0 Å². The van der Waals surface area contributed by atoms with Crippen molar-refractivity contribution >= 4 is 33.2 Å². The number of carbonyl (C=O) groups is 1. The molecule has 3 unspecified atom stereocenters. The van der Waals surface area contributed by atoms with Crippen LogP contribution >= 0.6 is 15.9 Å². The number of anilines is 2. The summed E-state index contributed by atoms with van der Waals surface area (Å²) >= 11 is 3.53. The molecule has 2 aliphatic rings. The maximum Gasteiger partial charge on any atom is 0.255 e. The molecule has 0 spiro atoms. The van der Waals surface area contributed by atoms with Crippen LogP contribution in [0.25, 0.3) is 0 Å². The van der Waals surface area contributed by atoms with Crippen molar-refractivity contribution in [2.24, 2.45) is 5.92 Å². The third kappa shape index (κ3) is 3.63. The molecule has 1 aliphatic heterocycles. The minimum Gasteiger partial charge on any atom is -0.508 e. The lowest BCUT2D eigenvalue weighted by Gasteiger charge is -2.38. The largest absolute Gasteiger partial charge is 0.508 e. The number of benzene rings is 3. The fraction of sp³-hybridized carbons (Fsp3) is 0.192. The van der Waals surface area contributed by atoms with E-state index in [0.29, 0.717) is 17.2 Å². The summed E-state index contributed by atoms with van der Waals surface area (Å²) in [4.78, 5) is 12.8. The van der Waals surface area contributed by atoms with E-state index in [2.05, 4.69) is 44.8 Å². The highest BCUT2D eigenvalue weighted by Crippen LogP contribution is 2.51. The first kappa shape index (κ1) is 19.9. The molecule has 3 aromatic rings. The zero-order valence-electron chi connectivity index (χ0n) is 17.1. The normalized spacial score (nSPS) is 21.2. The van der Waals surface area contributed by atoms with E-state index >= 15 is 0 Å². The molecule has 1 aliphatic carbocycles. The SMILES string of the molecule is Cc1ccccc1C(=O)Nc1ccc2c(c1)C1C=CCC1C(c1cc(Br)ccc1O)N2. The highest BCUT2D eigenvalue weighted by molar-refractivity contribution is 9.10. The van der Waals surface area contributed by atoms with Gasteiger partial charge in [-0.05, 0) is 72.9 Å². The number of carbonyl (C=O) groups excluding carboxylic acids is 1. The van der Waals surface area contributed by atoms with Crippen LogP contribution in [0.3, 0.4) is 0 Å². The number of amides is 1. The van der Waals surface area contributed by atoms with Crippen molar-refractivity contribution in [3.8, 4) is 5.75 Å². The van der Waals surface area contributed by atoms with Gasteiger partial charge in [0.05, 0.1) is 6.04 Å². The lowest BCUT2D eigenvalue weighted by molar-refractivity contribution is 0.102. The van der Waals surface area contributed by atoms with Gasteiger partial charge in [-0.1, -0.05) is 46.3 Å². The summed E-state index contributed by atoms with van der Waals surface area (Å²) in [6, 6.07) is 19.2. The van der Waals surface area contributed by atoms with E-state index in [0.717, 1.165) is 33.4 Å². The van der Waals surface area contributed by atoms with Gasteiger partial charge < -0.3 is 15.7 Å². The van der Waals surface area contributed by atoms with Gasteiger partial charge >= 0.3 is 0 Å². The van der Waals surface area contributed by atoms with Gasteiger partial charge in [0.1, 0.15) is 5.75 Å². The molecule has 31 heavy (non-hydrogen) atoms. The molecule has 3 N–H and O–H groups in total. The molecule has 0 bridgehead atoms. The van der Waals surface area contributed by atoms with Crippen LogP contribution in [0, 0.1) is 12.8 Å². The maximum atomic E-state index is 12.8. The van der Waals surface area contributed by atoms with Crippen LogP contribution in [0.5, 0.6) is 5.75 Å². The molecule has 0 radical (unpaired) electrons. The number of halogens is 1. The minimum absolute atomic E-state index is 0.0115. The summed E-state index contributed by atoms with van der Waals surface area (Å²) < 4.78 is 0.949. The molecule has 0 saturated heterocycles. The third-order valence-corrected chi connectivity index (χ3v) is 6.83. The van der Waals surface area contributed by atoms with E-state index in [1.165, 1.54) is 5.56 Å². The molecule has 5 heteroatoms. The number of phenols is 1. The summed E-state index contributed by atoms with van der Waals surface area (Å²) in [5.74, 6) is 0.735. The molecule has 0 aromatic heterocycles. The lowest BCUT2D eigenvalue weighted by Crippen LogP contribution is -2.29. The van der Waals surface area contributed by atoms with Crippen molar-refractivity contribution < 1.29 is 9.90 Å². The van der Waals surface area contributed by atoms with E-state index in [4.69, 9.17) is 0 Å². The van der Waals surface area contributed by atoms with E-state index in [-0.39, 0.29) is 17.9 Å². The second-order valence-electron chi connectivity index (χ2n) is 8.25. The van der Waals surface area contributed by atoms with Crippen LogP contribution in [-0.2, 0) is 0 Å². The number of hydrogen-bond acceptors (Lipinski definition) is 3. The molecule has 1 amide bonds. The summed E-state index contributed by atoms with van der Waals surface area (Å²) in [6.07, 6.45) is 5.40. The minimum atomic E-state index is -0.0998. The molecule has 0 saturated carbocycles. The number of phenolic OH excluding ortho intramolecular Hbond substituents is 1. The second kappa shape index (κ2) is 7.89. The summed E-state index contributed by atoms with van der Waals surface area (Å²) in [5.41, 5.74) is 5.53. The number of allylic oxidation sites excluding steroid dienone is 2. The van der Waals surface area contributed by atoms with Crippen LogP contribution in [0.1, 0.15) is 45.4 Å². The number of hydrogen-bond donors (Lipinski definition) is 3.